The number of nitrogens with two attached hydrogens (primary N) is 1. The highest BCUT2D eigenvalue weighted by molar-refractivity contribution is 5.90. The second-order valence-electron chi connectivity index (χ2n) is 5.19. The van der Waals surface area contributed by atoms with Crippen molar-refractivity contribution in [3.05, 3.63) is 23.9 Å². The van der Waals surface area contributed by atoms with Crippen molar-refractivity contribution in [3.8, 4) is 11.8 Å². The molecule has 2 rings (SSSR count). The third kappa shape index (κ3) is 4.67. The first kappa shape index (κ1) is 14.5. The minimum absolute atomic E-state index is 0.0494. The summed E-state index contributed by atoms with van der Waals surface area (Å²) in [5.74, 6) is 6.87. The van der Waals surface area contributed by atoms with Gasteiger partial charge in [0.1, 0.15) is 5.82 Å². The molecule has 4 heteroatoms. The van der Waals surface area contributed by atoms with Gasteiger partial charge in [-0.05, 0) is 30.9 Å². The topological polar surface area (TPSA) is 68.0 Å². The van der Waals surface area contributed by atoms with E-state index in [1.54, 1.807) is 18.3 Å². The normalized spacial score (nSPS) is 15.2. The van der Waals surface area contributed by atoms with Crippen LogP contribution in [0.4, 0.5) is 5.82 Å². The average molecular weight is 271 g/mol. The number of hydrogen-bond acceptors (Lipinski definition) is 3. The van der Waals surface area contributed by atoms with Crippen molar-refractivity contribution < 1.29 is 4.79 Å². The molecule has 0 spiro atoms. The molecule has 0 saturated heterocycles. The van der Waals surface area contributed by atoms with Crippen LogP contribution in [0.1, 0.15) is 44.1 Å². The Hall–Kier alpha value is -1.86. The highest BCUT2D eigenvalue weighted by atomic mass is 16.1. The van der Waals surface area contributed by atoms with E-state index in [0.29, 0.717) is 24.7 Å². The van der Waals surface area contributed by atoms with Crippen LogP contribution in [-0.4, -0.2) is 17.4 Å². The number of carbonyl (C=O) groups excluding carboxylic acids is 1. The van der Waals surface area contributed by atoms with Crippen LogP contribution in [0.2, 0.25) is 0 Å². The highest BCUT2D eigenvalue weighted by Gasteiger charge is 2.17. The van der Waals surface area contributed by atoms with E-state index in [1.807, 2.05) is 0 Å². The van der Waals surface area contributed by atoms with Gasteiger partial charge in [-0.2, -0.15) is 0 Å². The molecule has 1 saturated carbocycles. The van der Waals surface area contributed by atoms with Gasteiger partial charge in [0.2, 0.25) is 5.91 Å². The first-order valence-corrected chi connectivity index (χ1v) is 7.23. The summed E-state index contributed by atoms with van der Waals surface area (Å²) in [6.45, 7) is 0.325. The molecule has 0 bridgehead atoms. The zero-order chi connectivity index (χ0) is 14.2. The Balaban J connectivity index is 1.90. The number of rotatable bonds is 3. The van der Waals surface area contributed by atoms with E-state index >= 15 is 0 Å². The Morgan fingerprint density at radius 1 is 1.40 bits per heavy atom. The largest absolute Gasteiger partial charge is 0.320 e. The van der Waals surface area contributed by atoms with Crippen molar-refractivity contribution in [2.24, 2.45) is 11.7 Å². The van der Waals surface area contributed by atoms with Crippen LogP contribution in [-0.2, 0) is 4.79 Å². The highest BCUT2D eigenvalue weighted by Crippen LogP contribution is 2.26. The van der Waals surface area contributed by atoms with Gasteiger partial charge in [0.05, 0.1) is 6.54 Å². The van der Waals surface area contributed by atoms with Crippen LogP contribution < -0.4 is 11.1 Å². The number of nitrogens with one attached hydrogen (secondary N) is 1. The molecule has 1 aliphatic rings. The van der Waals surface area contributed by atoms with Crippen molar-refractivity contribution in [3.63, 3.8) is 0 Å². The minimum atomic E-state index is 0.0494. The van der Waals surface area contributed by atoms with Gasteiger partial charge in [0, 0.05) is 18.2 Å². The molecule has 1 fully saturated rings. The fraction of sp³-hybridized carbons (Fsp3) is 0.500. The molecule has 1 aliphatic carbocycles. The second kappa shape index (κ2) is 7.66. The third-order valence-electron chi connectivity index (χ3n) is 3.56. The van der Waals surface area contributed by atoms with Crippen molar-refractivity contribution in [2.75, 3.05) is 11.9 Å². The molecular formula is C16H21N3O. The van der Waals surface area contributed by atoms with Crippen LogP contribution >= 0.6 is 0 Å². The zero-order valence-electron chi connectivity index (χ0n) is 11.7. The SMILES string of the molecule is NCC#Cc1ccnc(NC(=O)CC2CCCCC2)c1. The van der Waals surface area contributed by atoms with Gasteiger partial charge < -0.3 is 11.1 Å². The van der Waals surface area contributed by atoms with Gasteiger partial charge in [-0.1, -0.05) is 31.1 Å². The van der Waals surface area contributed by atoms with Crippen LogP contribution in [0.5, 0.6) is 0 Å². The number of anilines is 1. The molecule has 4 nitrogen and oxygen atoms in total. The van der Waals surface area contributed by atoms with Crippen LogP contribution in [0.25, 0.3) is 0 Å². The zero-order valence-corrected chi connectivity index (χ0v) is 11.7. The summed E-state index contributed by atoms with van der Waals surface area (Å²) in [7, 11) is 0. The maximum atomic E-state index is 12.0. The summed E-state index contributed by atoms with van der Waals surface area (Å²) in [4.78, 5) is 16.1. The van der Waals surface area contributed by atoms with Crippen LogP contribution in [0.15, 0.2) is 18.3 Å². The van der Waals surface area contributed by atoms with E-state index in [-0.39, 0.29) is 5.91 Å². The summed E-state index contributed by atoms with van der Waals surface area (Å²) in [5.41, 5.74) is 6.16. The lowest BCUT2D eigenvalue weighted by atomic mass is 9.87. The van der Waals surface area contributed by atoms with Crippen LogP contribution in [0, 0.1) is 17.8 Å². The van der Waals surface area contributed by atoms with Crippen molar-refractivity contribution in [1.29, 1.82) is 0 Å². The van der Waals surface area contributed by atoms with Gasteiger partial charge in [-0.3, -0.25) is 4.79 Å². The Morgan fingerprint density at radius 3 is 2.95 bits per heavy atom. The second-order valence-corrected chi connectivity index (χ2v) is 5.19. The molecule has 0 unspecified atom stereocenters. The fourth-order valence-electron chi connectivity index (χ4n) is 2.58. The summed E-state index contributed by atoms with van der Waals surface area (Å²) >= 11 is 0. The monoisotopic (exact) mass is 271 g/mol. The van der Waals surface area contributed by atoms with E-state index in [1.165, 1.54) is 32.1 Å². The molecule has 1 amide bonds. The maximum Gasteiger partial charge on any atom is 0.225 e. The molecule has 1 aromatic heterocycles. The number of nitrogens with zero attached hydrogens (tertiary/aromatic N) is 1. The standard InChI is InChI=1S/C16H21N3O/c17-9-4-7-14-8-10-18-15(11-14)19-16(20)12-13-5-2-1-3-6-13/h8,10-11,13H,1-3,5-6,9,12,17H2,(H,18,19,20). The number of hydrogen-bond donors (Lipinski definition) is 2. The minimum Gasteiger partial charge on any atom is -0.320 e. The number of aromatic nitrogens is 1. The number of carbonyl (C=O) groups is 1. The average Bonchev–Trinajstić information content (AvgIpc) is 2.46. The lowest BCUT2D eigenvalue weighted by Gasteiger charge is -2.20. The number of amides is 1. The first-order chi connectivity index (χ1) is 9.78. The molecule has 106 valence electrons. The molecule has 3 N–H and O–H groups in total. The summed E-state index contributed by atoms with van der Waals surface area (Å²) in [6.07, 6.45) is 8.39. The van der Waals surface area contributed by atoms with Crippen molar-refractivity contribution >= 4 is 11.7 Å². The Labute approximate surface area is 120 Å². The fourth-order valence-corrected chi connectivity index (χ4v) is 2.58. The quantitative estimate of drug-likeness (QED) is 0.829. The number of pyridine rings is 1. The molecular weight excluding hydrogens is 250 g/mol. The molecule has 1 aromatic rings. The van der Waals surface area contributed by atoms with Crippen molar-refractivity contribution in [1.82, 2.24) is 4.98 Å². The molecule has 0 radical (unpaired) electrons. The molecule has 0 aromatic carbocycles. The maximum absolute atomic E-state index is 12.0. The van der Waals surface area contributed by atoms with E-state index in [2.05, 4.69) is 22.1 Å². The van der Waals surface area contributed by atoms with Gasteiger partial charge in [-0.15, -0.1) is 0 Å². The molecule has 0 atom stereocenters. The van der Waals surface area contributed by atoms with E-state index in [9.17, 15) is 4.79 Å². The predicted molar refractivity (Wildman–Crippen MR) is 80.0 cm³/mol. The Morgan fingerprint density at radius 2 is 2.20 bits per heavy atom. The molecule has 20 heavy (non-hydrogen) atoms. The van der Waals surface area contributed by atoms with Gasteiger partial charge in [-0.25, -0.2) is 4.98 Å². The Kier molecular flexibility index (Phi) is 5.57. The third-order valence-corrected chi connectivity index (χ3v) is 3.56. The van der Waals surface area contributed by atoms with E-state index < -0.39 is 0 Å². The first-order valence-electron chi connectivity index (χ1n) is 7.23. The molecule has 0 aliphatic heterocycles. The summed E-state index contributed by atoms with van der Waals surface area (Å²) in [5, 5.41) is 2.86. The lowest BCUT2D eigenvalue weighted by molar-refractivity contribution is -0.117. The summed E-state index contributed by atoms with van der Waals surface area (Å²) < 4.78 is 0. The smallest absolute Gasteiger partial charge is 0.225 e. The van der Waals surface area contributed by atoms with E-state index in [0.717, 1.165) is 5.56 Å². The summed E-state index contributed by atoms with van der Waals surface area (Å²) in [6, 6.07) is 3.58. The Bertz CT molecular complexity index is 510. The van der Waals surface area contributed by atoms with E-state index in [4.69, 9.17) is 5.73 Å². The van der Waals surface area contributed by atoms with Gasteiger partial charge in [0.15, 0.2) is 0 Å². The molecule has 1 heterocycles. The van der Waals surface area contributed by atoms with Gasteiger partial charge >= 0.3 is 0 Å². The van der Waals surface area contributed by atoms with Crippen LogP contribution in [0.3, 0.4) is 0 Å². The predicted octanol–water partition coefficient (Wildman–Crippen LogP) is 2.30. The van der Waals surface area contributed by atoms with Gasteiger partial charge in [0.25, 0.3) is 0 Å². The lowest BCUT2D eigenvalue weighted by Crippen LogP contribution is -2.18. The van der Waals surface area contributed by atoms with Crippen molar-refractivity contribution in [2.45, 2.75) is 38.5 Å².